The van der Waals surface area contributed by atoms with E-state index < -0.39 is 0 Å². The number of hydrogen-bond donors (Lipinski definition) is 0. The third kappa shape index (κ3) is 1.48. The summed E-state index contributed by atoms with van der Waals surface area (Å²) in [6.45, 7) is 9.02. The summed E-state index contributed by atoms with van der Waals surface area (Å²) in [5.74, 6) is 0.569. The highest BCUT2D eigenvalue weighted by atomic mass is 79.9. The number of pyridine rings is 1. The van der Waals surface area contributed by atoms with Gasteiger partial charge in [0.25, 0.3) is 0 Å². The van der Waals surface area contributed by atoms with Crippen LogP contribution >= 0.6 is 15.9 Å². The number of imidazole rings is 1. The zero-order valence-corrected chi connectivity index (χ0v) is 12.3. The quantitative estimate of drug-likeness (QED) is 0.712. The molecule has 0 amide bonds. The summed E-state index contributed by atoms with van der Waals surface area (Å²) < 4.78 is 3.41. The predicted molar refractivity (Wildman–Crippen MR) is 73.7 cm³/mol. The molecule has 0 saturated heterocycles. The van der Waals surface area contributed by atoms with Crippen LogP contribution in [0.1, 0.15) is 50.1 Å². The van der Waals surface area contributed by atoms with Crippen molar-refractivity contribution < 1.29 is 0 Å². The first-order valence-electron chi connectivity index (χ1n) is 6.09. The zero-order valence-electron chi connectivity index (χ0n) is 10.7. The average molecular weight is 293 g/mol. The Kier molecular flexibility index (Phi) is 2.22. The molecule has 2 aromatic heterocycles. The number of aryl methyl sites for hydroxylation is 1. The molecule has 0 bridgehead atoms. The molecule has 0 aliphatic heterocycles. The second-order valence-electron chi connectivity index (χ2n) is 5.87. The average Bonchev–Trinajstić information content (AvgIpc) is 2.66. The minimum atomic E-state index is 0.225. The van der Waals surface area contributed by atoms with Crippen molar-refractivity contribution in [2.45, 2.75) is 45.4 Å². The van der Waals surface area contributed by atoms with Gasteiger partial charge in [-0.1, -0.05) is 20.8 Å². The van der Waals surface area contributed by atoms with E-state index in [1.54, 1.807) is 0 Å². The molecular formula is C14H17BrN2. The molecule has 0 fully saturated rings. The molecule has 3 rings (SSSR count). The molecule has 1 aliphatic rings. The number of halogens is 1. The Balaban J connectivity index is 2.39. The molecule has 90 valence electrons. The van der Waals surface area contributed by atoms with Crippen LogP contribution < -0.4 is 0 Å². The van der Waals surface area contributed by atoms with Crippen LogP contribution in [-0.4, -0.2) is 9.38 Å². The highest BCUT2D eigenvalue weighted by molar-refractivity contribution is 9.10. The summed E-state index contributed by atoms with van der Waals surface area (Å²) in [7, 11) is 0. The third-order valence-corrected chi connectivity index (χ3v) is 4.68. The summed E-state index contributed by atoms with van der Waals surface area (Å²) in [6.07, 6.45) is 3.36. The molecular weight excluding hydrogens is 276 g/mol. The lowest BCUT2D eigenvalue weighted by molar-refractivity contribution is 0.473. The van der Waals surface area contributed by atoms with Crippen molar-refractivity contribution in [3.63, 3.8) is 0 Å². The first-order valence-corrected chi connectivity index (χ1v) is 6.88. The van der Waals surface area contributed by atoms with Gasteiger partial charge in [0.1, 0.15) is 5.65 Å². The number of nitrogens with zero attached hydrogens (tertiary/aromatic N) is 2. The van der Waals surface area contributed by atoms with E-state index >= 15 is 0 Å². The van der Waals surface area contributed by atoms with Crippen molar-refractivity contribution in [1.82, 2.24) is 9.38 Å². The van der Waals surface area contributed by atoms with Crippen LogP contribution in [0.4, 0.5) is 0 Å². The van der Waals surface area contributed by atoms with Gasteiger partial charge in [-0.3, -0.25) is 0 Å². The van der Waals surface area contributed by atoms with E-state index in [0.717, 1.165) is 10.1 Å². The predicted octanol–water partition coefficient (Wildman–Crippen LogP) is 4.19. The molecule has 1 atom stereocenters. The standard InChI is InChI=1S/C14H17BrN2/c1-8-5-11-16-12-9(2)6-14(3,4)13(12)17(11)7-10(8)15/h5,7,9H,6H2,1-4H3. The fraction of sp³-hybridized carbons (Fsp3) is 0.500. The minimum absolute atomic E-state index is 0.225. The molecule has 17 heavy (non-hydrogen) atoms. The molecule has 2 heterocycles. The highest BCUT2D eigenvalue weighted by Crippen LogP contribution is 2.45. The fourth-order valence-electron chi connectivity index (χ4n) is 3.15. The Morgan fingerprint density at radius 1 is 1.47 bits per heavy atom. The number of fused-ring (bicyclic) bond motifs is 3. The van der Waals surface area contributed by atoms with E-state index in [1.807, 2.05) is 0 Å². The molecule has 0 spiro atoms. The van der Waals surface area contributed by atoms with Crippen LogP contribution in [0.15, 0.2) is 16.7 Å². The molecule has 0 saturated carbocycles. The maximum absolute atomic E-state index is 4.81. The summed E-state index contributed by atoms with van der Waals surface area (Å²) in [5, 5.41) is 0. The van der Waals surface area contributed by atoms with Crippen LogP contribution in [0, 0.1) is 6.92 Å². The second kappa shape index (κ2) is 3.35. The largest absolute Gasteiger partial charge is 0.302 e. The van der Waals surface area contributed by atoms with Crippen LogP contribution in [0.25, 0.3) is 5.65 Å². The van der Waals surface area contributed by atoms with Gasteiger partial charge in [-0.05, 0) is 40.9 Å². The molecule has 1 aliphatic carbocycles. The molecule has 0 radical (unpaired) electrons. The van der Waals surface area contributed by atoms with E-state index in [2.05, 4.69) is 60.3 Å². The molecule has 1 unspecified atom stereocenters. The Bertz CT molecular complexity index is 610. The van der Waals surface area contributed by atoms with Crippen molar-refractivity contribution >= 4 is 21.6 Å². The van der Waals surface area contributed by atoms with Gasteiger partial charge < -0.3 is 4.40 Å². The van der Waals surface area contributed by atoms with Crippen LogP contribution in [0.3, 0.4) is 0 Å². The normalized spacial score (nSPS) is 22.1. The SMILES string of the molecule is Cc1cc2nc3c(n2cc1Br)C(C)(C)CC3C. The maximum Gasteiger partial charge on any atom is 0.137 e. The summed E-state index contributed by atoms with van der Waals surface area (Å²) in [4.78, 5) is 4.81. The molecule has 2 nitrogen and oxygen atoms in total. The van der Waals surface area contributed by atoms with Gasteiger partial charge in [0.05, 0.1) is 11.4 Å². The Morgan fingerprint density at radius 3 is 2.88 bits per heavy atom. The van der Waals surface area contributed by atoms with Gasteiger partial charge in [-0.15, -0.1) is 0 Å². The Labute approximate surface area is 110 Å². The lowest BCUT2D eigenvalue weighted by Crippen LogP contribution is -2.15. The van der Waals surface area contributed by atoms with Gasteiger partial charge in [-0.25, -0.2) is 4.98 Å². The number of hydrogen-bond acceptors (Lipinski definition) is 1. The Hall–Kier alpha value is -0.830. The van der Waals surface area contributed by atoms with Crippen molar-refractivity contribution in [1.29, 1.82) is 0 Å². The van der Waals surface area contributed by atoms with Gasteiger partial charge in [-0.2, -0.15) is 0 Å². The second-order valence-corrected chi connectivity index (χ2v) is 6.72. The molecule has 0 N–H and O–H groups in total. The first-order chi connectivity index (χ1) is 7.90. The summed E-state index contributed by atoms with van der Waals surface area (Å²) in [6, 6.07) is 2.16. The molecule has 2 aromatic rings. The number of rotatable bonds is 0. The third-order valence-electron chi connectivity index (χ3n) is 3.85. The van der Waals surface area contributed by atoms with E-state index in [0.29, 0.717) is 5.92 Å². The Morgan fingerprint density at radius 2 is 2.18 bits per heavy atom. The van der Waals surface area contributed by atoms with Crippen LogP contribution in [0.2, 0.25) is 0 Å². The summed E-state index contributed by atoms with van der Waals surface area (Å²) >= 11 is 3.61. The van der Waals surface area contributed by atoms with E-state index in [1.165, 1.54) is 23.4 Å². The van der Waals surface area contributed by atoms with Crippen LogP contribution in [0.5, 0.6) is 0 Å². The first kappa shape index (κ1) is 11.3. The molecule has 0 aromatic carbocycles. The zero-order chi connectivity index (χ0) is 12.4. The monoisotopic (exact) mass is 292 g/mol. The van der Waals surface area contributed by atoms with E-state index in [4.69, 9.17) is 4.98 Å². The van der Waals surface area contributed by atoms with Crippen LogP contribution in [-0.2, 0) is 5.41 Å². The highest BCUT2D eigenvalue weighted by Gasteiger charge is 2.39. The minimum Gasteiger partial charge on any atom is -0.302 e. The summed E-state index contributed by atoms with van der Waals surface area (Å²) in [5.41, 5.74) is 5.22. The van der Waals surface area contributed by atoms with Gasteiger partial charge in [0.15, 0.2) is 0 Å². The smallest absolute Gasteiger partial charge is 0.137 e. The van der Waals surface area contributed by atoms with Gasteiger partial charge >= 0.3 is 0 Å². The topological polar surface area (TPSA) is 17.3 Å². The van der Waals surface area contributed by atoms with Gasteiger partial charge in [0.2, 0.25) is 0 Å². The maximum atomic E-state index is 4.81. The fourth-order valence-corrected chi connectivity index (χ4v) is 3.47. The van der Waals surface area contributed by atoms with Crippen molar-refractivity contribution in [3.05, 3.63) is 33.7 Å². The lowest BCUT2D eigenvalue weighted by atomic mass is 9.89. The van der Waals surface area contributed by atoms with Crippen molar-refractivity contribution in [2.75, 3.05) is 0 Å². The van der Waals surface area contributed by atoms with Crippen molar-refractivity contribution in [2.24, 2.45) is 0 Å². The van der Waals surface area contributed by atoms with E-state index in [-0.39, 0.29) is 5.41 Å². The number of aromatic nitrogens is 2. The van der Waals surface area contributed by atoms with Crippen molar-refractivity contribution in [3.8, 4) is 0 Å². The van der Waals surface area contributed by atoms with E-state index in [9.17, 15) is 0 Å². The lowest BCUT2D eigenvalue weighted by Gasteiger charge is -2.19. The molecule has 3 heteroatoms. The van der Waals surface area contributed by atoms with Gasteiger partial charge in [0, 0.05) is 22.0 Å².